The molecule has 0 aliphatic heterocycles. The first-order chi connectivity index (χ1) is 15.6. The average molecular weight is 428 g/mol. The molecule has 8 heteroatoms. The van der Waals surface area contributed by atoms with E-state index in [4.69, 9.17) is 4.42 Å². The van der Waals surface area contributed by atoms with Crippen LogP contribution in [0.15, 0.2) is 59.4 Å². The summed E-state index contributed by atoms with van der Waals surface area (Å²) in [7, 11) is 1.82. The van der Waals surface area contributed by atoms with Crippen molar-refractivity contribution in [2.75, 3.05) is 13.6 Å². The first-order valence-electron chi connectivity index (χ1n) is 10.7. The van der Waals surface area contributed by atoms with Gasteiger partial charge in [0.2, 0.25) is 0 Å². The van der Waals surface area contributed by atoms with Gasteiger partial charge in [-0.2, -0.15) is 5.10 Å². The third-order valence-corrected chi connectivity index (χ3v) is 5.60. The summed E-state index contributed by atoms with van der Waals surface area (Å²) in [5.74, 6) is 2.18. The van der Waals surface area contributed by atoms with E-state index in [0.29, 0.717) is 41.8 Å². The second-order valence-electron chi connectivity index (χ2n) is 8.08. The molecular formula is C24H24N6O2. The van der Waals surface area contributed by atoms with E-state index in [-0.39, 0.29) is 5.91 Å². The molecule has 8 nitrogen and oxygen atoms in total. The normalized spacial score (nSPS) is 13.3. The van der Waals surface area contributed by atoms with Gasteiger partial charge in [0.15, 0.2) is 5.76 Å². The lowest BCUT2D eigenvalue weighted by atomic mass is 10.1. The van der Waals surface area contributed by atoms with Gasteiger partial charge in [-0.1, -0.05) is 6.07 Å². The van der Waals surface area contributed by atoms with E-state index in [1.54, 1.807) is 34.2 Å². The van der Waals surface area contributed by atoms with Crippen LogP contribution in [0.3, 0.4) is 0 Å². The zero-order valence-electron chi connectivity index (χ0n) is 18.1. The van der Waals surface area contributed by atoms with Crippen molar-refractivity contribution < 1.29 is 9.21 Å². The molecule has 1 aliphatic rings. The van der Waals surface area contributed by atoms with Crippen molar-refractivity contribution in [2.24, 2.45) is 0 Å². The lowest BCUT2D eigenvalue weighted by Gasteiger charge is -2.17. The highest BCUT2D eigenvalue weighted by molar-refractivity contribution is 5.95. The van der Waals surface area contributed by atoms with Crippen LogP contribution in [0.1, 0.15) is 46.3 Å². The van der Waals surface area contributed by atoms with Crippen LogP contribution < -0.4 is 0 Å². The van der Waals surface area contributed by atoms with E-state index in [0.717, 1.165) is 30.0 Å². The van der Waals surface area contributed by atoms with E-state index in [1.165, 1.54) is 0 Å². The zero-order valence-corrected chi connectivity index (χ0v) is 18.1. The number of carbonyl (C=O) groups is 1. The molecule has 1 amide bonds. The maximum absolute atomic E-state index is 13.3. The van der Waals surface area contributed by atoms with Gasteiger partial charge in [-0.05, 0) is 50.1 Å². The summed E-state index contributed by atoms with van der Waals surface area (Å²) in [6.45, 7) is 2.47. The summed E-state index contributed by atoms with van der Waals surface area (Å²) in [5, 5.41) is 4.51. The van der Waals surface area contributed by atoms with Crippen molar-refractivity contribution in [1.29, 1.82) is 0 Å². The Balaban J connectivity index is 1.41. The molecule has 162 valence electrons. The zero-order chi connectivity index (χ0) is 22.1. The molecule has 0 bridgehead atoms. The maximum atomic E-state index is 13.3. The Bertz CT molecular complexity index is 1240. The predicted octanol–water partition coefficient (Wildman–Crippen LogP) is 3.82. The summed E-state index contributed by atoms with van der Waals surface area (Å²) < 4.78 is 7.41. The molecular weight excluding hydrogens is 404 g/mol. The smallest absolute Gasteiger partial charge is 0.257 e. The number of amides is 1. The Kier molecular flexibility index (Phi) is 5.26. The van der Waals surface area contributed by atoms with Crippen molar-refractivity contribution in [2.45, 2.75) is 32.1 Å². The number of carbonyl (C=O) groups excluding carboxylic acids is 1. The predicted molar refractivity (Wildman–Crippen MR) is 118 cm³/mol. The molecule has 4 heterocycles. The highest BCUT2D eigenvalue weighted by Gasteiger charge is 2.34. The number of nitrogens with zero attached hydrogens (tertiary/aromatic N) is 6. The summed E-state index contributed by atoms with van der Waals surface area (Å²) in [6.07, 6.45) is 7.85. The minimum Gasteiger partial charge on any atom is -0.460 e. The Hall–Kier alpha value is -3.81. The van der Waals surface area contributed by atoms with Crippen LogP contribution in [0, 0.1) is 6.92 Å². The van der Waals surface area contributed by atoms with Gasteiger partial charge in [-0.3, -0.25) is 9.78 Å². The first-order valence-corrected chi connectivity index (χ1v) is 10.7. The van der Waals surface area contributed by atoms with Crippen molar-refractivity contribution in [3.63, 3.8) is 0 Å². The minimum absolute atomic E-state index is 0.0492. The maximum Gasteiger partial charge on any atom is 0.257 e. The van der Waals surface area contributed by atoms with Gasteiger partial charge < -0.3 is 9.32 Å². The van der Waals surface area contributed by atoms with Crippen LogP contribution >= 0.6 is 0 Å². The van der Waals surface area contributed by atoms with Crippen LogP contribution in [0.4, 0.5) is 0 Å². The molecule has 4 aromatic heterocycles. The lowest BCUT2D eigenvalue weighted by molar-refractivity contribution is 0.0795. The number of furan rings is 1. The molecule has 0 saturated heterocycles. The fourth-order valence-electron chi connectivity index (χ4n) is 3.73. The summed E-state index contributed by atoms with van der Waals surface area (Å²) in [4.78, 5) is 28.4. The van der Waals surface area contributed by atoms with Gasteiger partial charge in [0, 0.05) is 44.0 Å². The number of likely N-dealkylation sites (N-methyl/N-ethyl adjacent to an activating group) is 1. The number of hydrogen-bond donors (Lipinski definition) is 0. The Morgan fingerprint density at radius 2 is 2.03 bits per heavy atom. The summed E-state index contributed by atoms with van der Waals surface area (Å²) >= 11 is 0. The standard InChI is InChI=1S/C24H24N6O2/c1-16-6-9-21(32-16)20-10-13-26-24(28-20)30-22(17-7-8-17)19(15-27-30)23(31)29(2)14-11-18-5-3-4-12-25-18/h3-6,9-10,12-13,15,17H,7-8,11,14H2,1-2H3. The molecule has 5 rings (SSSR count). The van der Waals surface area contributed by atoms with E-state index < -0.39 is 0 Å². The lowest BCUT2D eigenvalue weighted by Crippen LogP contribution is -2.29. The average Bonchev–Trinajstić information content (AvgIpc) is 3.41. The van der Waals surface area contributed by atoms with E-state index in [2.05, 4.69) is 20.1 Å². The molecule has 0 atom stereocenters. The molecule has 0 unspecified atom stereocenters. The molecule has 1 aliphatic carbocycles. The number of hydrogen-bond acceptors (Lipinski definition) is 6. The van der Waals surface area contributed by atoms with Crippen LogP contribution in [-0.2, 0) is 6.42 Å². The number of aromatic nitrogens is 5. The van der Waals surface area contributed by atoms with E-state index >= 15 is 0 Å². The van der Waals surface area contributed by atoms with Gasteiger partial charge in [-0.25, -0.2) is 14.6 Å². The fraction of sp³-hybridized carbons (Fsp3) is 0.292. The van der Waals surface area contributed by atoms with Crippen LogP contribution in [-0.4, -0.2) is 49.1 Å². The van der Waals surface area contributed by atoms with Crippen LogP contribution in [0.2, 0.25) is 0 Å². The van der Waals surface area contributed by atoms with Crippen LogP contribution in [0.25, 0.3) is 17.4 Å². The third kappa shape index (κ3) is 4.03. The molecule has 1 fully saturated rings. The minimum atomic E-state index is -0.0492. The molecule has 1 saturated carbocycles. The molecule has 0 aromatic carbocycles. The van der Waals surface area contributed by atoms with Gasteiger partial charge in [0.25, 0.3) is 11.9 Å². The topological polar surface area (TPSA) is 89.9 Å². The van der Waals surface area contributed by atoms with Crippen molar-refractivity contribution in [3.8, 4) is 17.4 Å². The van der Waals surface area contributed by atoms with Crippen LogP contribution in [0.5, 0.6) is 0 Å². The monoisotopic (exact) mass is 428 g/mol. The van der Waals surface area contributed by atoms with E-state index in [1.807, 2.05) is 44.3 Å². The highest BCUT2D eigenvalue weighted by Crippen LogP contribution is 2.42. The first kappa shape index (κ1) is 20.1. The van der Waals surface area contributed by atoms with E-state index in [9.17, 15) is 4.79 Å². The molecule has 32 heavy (non-hydrogen) atoms. The summed E-state index contributed by atoms with van der Waals surface area (Å²) in [5.41, 5.74) is 3.13. The van der Waals surface area contributed by atoms with Gasteiger partial charge in [-0.15, -0.1) is 0 Å². The largest absolute Gasteiger partial charge is 0.460 e. The Morgan fingerprint density at radius 3 is 2.75 bits per heavy atom. The molecule has 0 radical (unpaired) electrons. The molecule has 0 spiro atoms. The third-order valence-electron chi connectivity index (χ3n) is 5.60. The highest BCUT2D eigenvalue weighted by atomic mass is 16.3. The Labute approximate surface area is 185 Å². The Morgan fingerprint density at radius 1 is 1.16 bits per heavy atom. The van der Waals surface area contributed by atoms with Crippen molar-refractivity contribution in [1.82, 2.24) is 29.6 Å². The number of pyridine rings is 1. The quantitative estimate of drug-likeness (QED) is 0.445. The van der Waals surface area contributed by atoms with Gasteiger partial charge >= 0.3 is 0 Å². The van der Waals surface area contributed by atoms with Crippen molar-refractivity contribution in [3.05, 3.63) is 77.7 Å². The second kappa shape index (κ2) is 8.37. The number of rotatable bonds is 7. The second-order valence-corrected chi connectivity index (χ2v) is 8.08. The van der Waals surface area contributed by atoms with Gasteiger partial charge in [0.1, 0.15) is 11.5 Å². The summed E-state index contributed by atoms with van der Waals surface area (Å²) in [6, 6.07) is 11.4. The SMILES string of the molecule is Cc1ccc(-c2ccnc(-n3ncc(C(=O)N(C)CCc4ccccn4)c3C3CC3)n2)o1. The number of aryl methyl sites for hydroxylation is 1. The van der Waals surface area contributed by atoms with Crippen molar-refractivity contribution >= 4 is 5.91 Å². The molecule has 4 aromatic rings. The molecule has 0 N–H and O–H groups in total. The van der Waals surface area contributed by atoms with Gasteiger partial charge in [0.05, 0.1) is 17.5 Å². The fourth-order valence-corrected chi connectivity index (χ4v) is 3.73.